The van der Waals surface area contributed by atoms with Crippen LogP contribution in [0.25, 0.3) is 0 Å². The molecule has 2 amide bonds. The first kappa shape index (κ1) is 18.3. The van der Waals surface area contributed by atoms with Crippen LogP contribution in [0, 0.1) is 11.3 Å². The van der Waals surface area contributed by atoms with Gasteiger partial charge in [0, 0.05) is 12.8 Å². The largest absolute Gasteiger partial charge is 0.289 e. The molecular weight excluding hydrogens is 296 g/mol. The molecule has 7 nitrogen and oxygen atoms in total. The number of benzene rings is 1. The van der Waals surface area contributed by atoms with Crippen LogP contribution in [-0.4, -0.2) is 23.2 Å². The second-order valence-corrected chi connectivity index (χ2v) is 4.98. The molecule has 122 valence electrons. The van der Waals surface area contributed by atoms with E-state index >= 15 is 0 Å². The smallest absolute Gasteiger partial charge is 0.243 e. The number of hydrogen-bond acceptors (Lipinski definition) is 5. The Labute approximate surface area is 135 Å². The molecule has 3 N–H and O–H groups in total. The van der Waals surface area contributed by atoms with Gasteiger partial charge >= 0.3 is 0 Å². The summed E-state index contributed by atoms with van der Waals surface area (Å²) in [7, 11) is 0. The van der Waals surface area contributed by atoms with E-state index in [1.54, 1.807) is 29.7 Å². The highest BCUT2D eigenvalue weighted by Gasteiger charge is 2.01. The highest BCUT2D eigenvalue weighted by Crippen LogP contribution is 2.05. The number of nitriles is 1. The van der Waals surface area contributed by atoms with Gasteiger partial charge in [-0.3, -0.25) is 14.8 Å². The van der Waals surface area contributed by atoms with Crippen LogP contribution >= 0.6 is 0 Å². The highest BCUT2D eigenvalue weighted by atomic mass is 16.5. The third-order valence-electron chi connectivity index (χ3n) is 3.13. The van der Waals surface area contributed by atoms with Gasteiger partial charge in [0.2, 0.25) is 11.8 Å². The lowest BCUT2D eigenvalue weighted by atomic mass is 10.1. The molecule has 0 aromatic heterocycles. The van der Waals surface area contributed by atoms with E-state index in [4.69, 9.17) is 10.5 Å². The zero-order chi connectivity index (χ0) is 16.9. The Morgan fingerprint density at radius 1 is 1.09 bits per heavy atom. The maximum absolute atomic E-state index is 11.6. The van der Waals surface area contributed by atoms with Crippen molar-refractivity contribution in [2.75, 3.05) is 0 Å². The van der Waals surface area contributed by atoms with E-state index in [1.165, 1.54) is 6.21 Å². The SMILES string of the molecule is N#Cc1ccc(/C=N/NC(=O)CCCCCCC(=O)NO)cc1. The summed E-state index contributed by atoms with van der Waals surface area (Å²) in [5.74, 6) is -0.553. The molecule has 1 aromatic carbocycles. The van der Waals surface area contributed by atoms with Crippen LogP contribution in [0.15, 0.2) is 29.4 Å². The molecular formula is C16H20N4O3. The molecule has 1 rings (SSSR count). The van der Waals surface area contributed by atoms with Crippen molar-refractivity contribution < 1.29 is 14.8 Å². The van der Waals surface area contributed by atoms with E-state index in [2.05, 4.69) is 10.5 Å². The molecule has 0 unspecified atom stereocenters. The third-order valence-corrected chi connectivity index (χ3v) is 3.13. The fourth-order valence-electron chi connectivity index (χ4n) is 1.86. The number of unbranched alkanes of at least 4 members (excludes halogenated alkanes) is 3. The van der Waals surface area contributed by atoms with Gasteiger partial charge in [0.25, 0.3) is 0 Å². The number of hydrogen-bond donors (Lipinski definition) is 3. The minimum Gasteiger partial charge on any atom is -0.289 e. The molecule has 0 radical (unpaired) electrons. The second kappa shape index (κ2) is 10.9. The number of nitrogens with one attached hydrogen (secondary N) is 2. The topological polar surface area (TPSA) is 115 Å². The molecule has 0 atom stereocenters. The first-order chi connectivity index (χ1) is 11.2. The number of nitrogens with zero attached hydrogens (tertiary/aromatic N) is 2. The molecule has 0 fully saturated rings. The summed E-state index contributed by atoms with van der Waals surface area (Å²) in [6, 6.07) is 8.88. The van der Waals surface area contributed by atoms with Crippen LogP contribution in [0.5, 0.6) is 0 Å². The predicted octanol–water partition coefficient (Wildman–Crippen LogP) is 1.85. The Morgan fingerprint density at radius 3 is 2.26 bits per heavy atom. The summed E-state index contributed by atoms with van der Waals surface area (Å²) < 4.78 is 0. The molecule has 7 heteroatoms. The average molecular weight is 316 g/mol. The van der Waals surface area contributed by atoms with Gasteiger partial charge in [0.05, 0.1) is 17.8 Å². The van der Waals surface area contributed by atoms with Crippen molar-refractivity contribution in [1.82, 2.24) is 10.9 Å². The molecule has 23 heavy (non-hydrogen) atoms. The van der Waals surface area contributed by atoms with Gasteiger partial charge in [-0.05, 0) is 30.5 Å². The van der Waals surface area contributed by atoms with E-state index in [9.17, 15) is 9.59 Å². The summed E-state index contributed by atoms with van der Waals surface area (Å²) in [6.07, 6.45) is 5.26. The van der Waals surface area contributed by atoms with E-state index in [0.29, 0.717) is 18.4 Å². The number of carbonyl (C=O) groups excluding carboxylic acids is 2. The Balaban J connectivity index is 2.13. The number of rotatable bonds is 9. The third kappa shape index (κ3) is 8.34. The fraction of sp³-hybridized carbons (Fsp3) is 0.375. The quantitative estimate of drug-likeness (QED) is 0.279. The minimum absolute atomic E-state index is 0.164. The van der Waals surface area contributed by atoms with Crippen LogP contribution in [-0.2, 0) is 9.59 Å². The fourth-order valence-corrected chi connectivity index (χ4v) is 1.86. The molecule has 0 spiro atoms. The monoisotopic (exact) mass is 316 g/mol. The highest BCUT2D eigenvalue weighted by molar-refractivity contribution is 5.82. The van der Waals surface area contributed by atoms with E-state index in [0.717, 1.165) is 24.8 Å². The molecule has 0 aliphatic heterocycles. The Bertz CT molecular complexity index is 576. The first-order valence-electron chi connectivity index (χ1n) is 7.40. The van der Waals surface area contributed by atoms with Crippen molar-refractivity contribution in [1.29, 1.82) is 5.26 Å². The van der Waals surface area contributed by atoms with Crippen molar-refractivity contribution in [2.24, 2.45) is 5.10 Å². The molecule has 0 saturated carbocycles. The van der Waals surface area contributed by atoms with Crippen molar-refractivity contribution in [2.45, 2.75) is 38.5 Å². The van der Waals surface area contributed by atoms with Crippen LogP contribution in [0.2, 0.25) is 0 Å². The Hall–Kier alpha value is -2.72. The zero-order valence-electron chi connectivity index (χ0n) is 12.8. The van der Waals surface area contributed by atoms with Crippen molar-refractivity contribution in [3.05, 3.63) is 35.4 Å². The summed E-state index contributed by atoms with van der Waals surface area (Å²) >= 11 is 0. The van der Waals surface area contributed by atoms with Crippen LogP contribution < -0.4 is 10.9 Å². The van der Waals surface area contributed by atoms with Gasteiger partial charge < -0.3 is 0 Å². The predicted molar refractivity (Wildman–Crippen MR) is 84.5 cm³/mol. The first-order valence-corrected chi connectivity index (χ1v) is 7.40. The lowest BCUT2D eigenvalue weighted by molar-refractivity contribution is -0.129. The normalized spacial score (nSPS) is 10.3. The zero-order valence-corrected chi connectivity index (χ0v) is 12.8. The van der Waals surface area contributed by atoms with Crippen molar-refractivity contribution in [3.8, 4) is 6.07 Å². The standard InChI is InChI=1S/C16H20N4O3/c17-11-13-7-9-14(10-8-13)12-18-19-15(21)5-3-1-2-4-6-16(22)20-23/h7-10,12,23H,1-6H2,(H,19,21)(H,20,22)/b18-12+. The van der Waals surface area contributed by atoms with Crippen molar-refractivity contribution >= 4 is 18.0 Å². The lowest BCUT2D eigenvalue weighted by Gasteiger charge is -2.01. The molecule has 0 aliphatic carbocycles. The van der Waals surface area contributed by atoms with E-state index in [-0.39, 0.29) is 18.2 Å². The average Bonchev–Trinajstić information content (AvgIpc) is 2.58. The Morgan fingerprint density at radius 2 is 1.70 bits per heavy atom. The van der Waals surface area contributed by atoms with Gasteiger partial charge in [0.1, 0.15) is 0 Å². The minimum atomic E-state index is -0.389. The summed E-state index contributed by atoms with van der Waals surface area (Å²) in [5.41, 5.74) is 5.40. The second-order valence-electron chi connectivity index (χ2n) is 4.98. The molecule has 0 saturated heterocycles. The van der Waals surface area contributed by atoms with Gasteiger partial charge in [0.15, 0.2) is 0 Å². The molecule has 0 aliphatic rings. The van der Waals surface area contributed by atoms with Crippen LogP contribution in [0.1, 0.15) is 49.7 Å². The summed E-state index contributed by atoms with van der Waals surface area (Å²) in [5, 5.41) is 20.9. The molecule has 0 bridgehead atoms. The van der Waals surface area contributed by atoms with E-state index < -0.39 is 0 Å². The lowest BCUT2D eigenvalue weighted by Crippen LogP contribution is -2.18. The Kier molecular flexibility index (Phi) is 8.71. The number of hydroxylamine groups is 1. The maximum Gasteiger partial charge on any atom is 0.243 e. The number of carbonyl (C=O) groups is 2. The van der Waals surface area contributed by atoms with E-state index in [1.807, 2.05) is 6.07 Å². The van der Waals surface area contributed by atoms with Crippen molar-refractivity contribution in [3.63, 3.8) is 0 Å². The van der Waals surface area contributed by atoms with Gasteiger partial charge in [-0.1, -0.05) is 25.0 Å². The maximum atomic E-state index is 11.6. The van der Waals surface area contributed by atoms with Gasteiger partial charge in [-0.2, -0.15) is 10.4 Å². The summed E-state index contributed by atoms with van der Waals surface area (Å²) in [4.78, 5) is 22.3. The number of hydrazone groups is 1. The van der Waals surface area contributed by atoms with Crippen LogP contribution in [0.4, 0.5) is 0 Å². The molecule has 0 heterocycles. The molecule has 1 aromatic rings. The number of amides is 2. The van der Waals surface area contributed by atoms with Gasteiger partial charge in [-0.15, -0.1) is 0 Å². The van der Waals surface area contributed by atoms with Crippen LogP contribution in [0.3, 0.4) is 0 Å². The summed E-state index contributed by atoms with van der Waals surface area (Å²) in [6.45, 7) is 0. The van der Waals surface area contributed by atoms with Gasteiger partial charge in [-0.25, -0.2) is 10.9 Å².